The van der Waals surface area contributed by atoms with Crippen molar-refractivity contribution in [2.45, 2.75) is 38.8 Å². The summed E-state index contributed by atoms with van der Waals surface area (Å²) in [7, 11) is 0. The van der Waals surface area contributed by atoms with Crippen LogP contribution in [0.3, 0.4) is 0 Å². The van der Waals surface area contributed by atoms with E-state index in [4.69, 9.17) is 0 Å². The number of halogens is 4. The topological polar surface area (TPSA) is 17.1 Å². The average Bonchev–Trinajstić information content (AvgIpc) is 2.40. The summed E-state index contributed by atoms with van der Waals surface area (Å²) in [6.45, 7) is 1.68. The lowest BCUT2D eigenvalue weighted by Crippen LogP contribution is -2.37. The molecule has 1 aliphatic carbocycles. The summed E-state index contributed by atoms with van der Waals surface area (Å²) >= 11 is 0. The van der Waals surface area contributed by atoms with Gasteiger partial charge in [-0.25, -0.2) is 4.39 Å². The van der Waals surface area contributed by atoms with Gasteiger partial charge in [0.1, 0.15) is 5.82 Å². The summed E-state index contributed by atoms with van der Waals surface area (Å²) in [6.07, 6.45) is -3.23. The van der Waals surface area contributed by atoms with Crippen molar-refractivity contribution in [3.63, 3.8) is 0 Å². The number of benzene rings is 1. The van der Waals surface area contributed by atoms with Gasteiger partial charge in [-0.1, -0.05) is 24.5 Å². The molecule has 1 nitrogen and oxygen atoms in total. The van der Waals surface area contributed by atoms with Gasteiger partial charge < -0.3 is 0 Å². The molecule has 2 atom stereocenters. The molecule has 0 heterocycles. The van der Waals surface area contributed by atoms with Crippen LogP contribution in [0.4, 0.5) is 17.6 Å². The first-order chi connectivity index (χ1) is 9.30. The highest BCUT2D eigenvalue weighted by Crippen LogP contribution is 2.42. The van der Waals surface area contributed by atoms with Gasteiger partial charge in [0.2, 0.25) is 0 Å². The van der Waals surface area contributed by atoms with Crippen LogP contribution in [0.1, 0.15) is 41.6 Å². The van der Waals surface area contributed by atoms with Gasteiger partial charge in [0.05, 0.1) is 11.5 Å². The van der Waals surface area contributed by atoms with E-state index in [1.165, 1.54) is 12.1 Å². The third kappa shape index (κ3) is 3.02. The maximum absolute atomic E-state index is 13.7. The summed E-state index contributed by atoms with van der Waals surface area (Å²) in [5.41, 5.74) is 0.445. The summed E-state index contributed by atoms with van der Waals surface area (Å²) in [5, 5.41) is 0. The van der Waals surface area contributed by atoms with Crippen LogP contribution < -0.4 is 0 Å². The third-order valence-electron chi connectivity index (χ3n) is 3.91. The SMILES string of the molecule is Cc1ccc(F)c(C(=O)C2CCCCC2C(F)(F)F)c1. The quantitative estimate of drug-likeness (QED) is 0.570. The van der Waals surface area contributed by atoms with Crippen molar-refractivity contribution in [1.82, 2.24) is 0 Å². The van der Waals surface area contributed by atoms with Crippen molar-refractivity contribution < 1.29 is 22.4 Å². The van der Waals surface area contributed by atoms with Gasteiger partial charge in [0.25, 0.3) is 0 Å². The van der Waals surface area contributed by atoms with Crippen LogP contribution in [-0.2, 0) is 0 Å². The zero-order valence-electron chi connectivity index (χ0n) is 11.1. The molecule has 0 aromatic heterocycles. The number of rotatable bonds is 2. The molecular formula is C15H16F4O. The molecule has 1 aromatic rings. The van der Waals surface area contributed by atoms with E-state index in [9.17, 15) is 22.4 Å². The standard InChI is InChI=1S/C15H16F4O/c1-9-6-7-13(16)11(8-9)14(20)10-4-2-3-5-12(10)15(17,18)19/h6-8,10,12H,2-5H2,1H3. The van der Waals surface area contributed by atoms with Crippen LogP contribution in [0, 0.1) is 24.6 Å². The molecule has 1 fully saturated rings. The van der Waals surface area contributed by atoms with Gasteiger partial charge in [-0.2, -0.15) is 13.2 Å². The monoisotopic (exact) mass is 288 g/mol. The Kier molecular flexibility index (Phi) is 4.16. The Morgan fingerprint density at radius 1 is 1.20 bits per heavy atom. The smallest absolute Gasteiger partial charge is 0.294 e. The number of hydrogen-bond donors (Lipinski definition) is 0. The zero-order chi connectivity index (χ0) is 14.9. The maximum atomic E-state index is 13.7. The van der Waals surface area contributed by atoms with E-state index >= 15 is 0 Å². The maximum Gasteiger partial charge on any atom is 0.392 e. The van der Waals surface area contributed by atoms with Gasteiger partial charge in [-0.3, -0.25) is 4.79 Å². The molecule has 0 bridgehead atoms. The van der Waals surface area contributed by atoms with Crippen LogP contribution in [0.5, 0.6) is 0 Å². The van der Waals surface area contributed by atoms with Gasteiger partial charge in [-0.05, 0) is 31.9 Å². The Hall–Kier alpha value is -1.39. The first kappa shape index (κ1) is 15.0. The predicted octanol–water partition coefficient (Wildman–Crippen LogP) is 4.69. The minimum Gasteiger partial charge on any atom is -0.294 e. The number of aryl methyl sites for hydroxylation is 1. The molecule has 1 saturated carbocycles. The lowest BCUT2D eigenvalue weighted by molar-refractivity contribution is -0.190. The number of carbonyl (C=O) groups is 1. The highest BCUT2D eigenvalue weighted by Gasteiger charge is 2.48. The lowest BCUT2D eigenvalue weighted by atomic mass is 9.75. The molecule has 1 aromatic carbocycles. The van der Waals surface area contributed by atoms with Crippen LogP contribution in [0.25, 0.3) is 0 Å². The van der Waals surface area contributed by atoms with E-state index in [0.717, 1.165) is 6.07 Å². The normalized spacial score (nSPS) is 23.6. The van der Waals surface area contributed by atoms with E-state index in [-0.39, 0.29) is 18.4 Å². The Bertz CT molecular complexity index is 507. The van der Waals surface area contributed by atoms with E-state index in [2.05, 4.69) is 0 Å². The Morgan fingerprint density at radius 2 is 1.85 bits per heavy atom. The van der Waals surface area contributed by atoms with E-state index < -0.39 is 29.6 Å². The van der Waals surface area contributed by atoms with Crippen molar-refractivity contribution in [3.8, 4) is 0 Å². The van der Waals surface area contributed by atoms with Gasteiger partial charge >= 0.3 is 6.18 Å². The summed E-state index contributed by atoms with van der Waals surface area (Å²) in [5.74, 6) is -4.26. The number of Topliss-reactive ketones (excluding diaryl/α,β-unsaturated/α-hetero) is 1. The predicted molar refractivity (Wildman–Crippen MR) is 67.0 cm³/mol. The van der Waals surface area contributed by atoms with Crippen molar-refractivity contribution in [2.75, 3.05) is 0 Å². The Labute approximate surface area is 115 Å². The van der Waals surface area contributed by atoms with Crippen LogP contribution in [0.2, 0.25) is 0 Å². The van der Waals surface area contributed by atoms with Crippen LogP contribution >= 0.6 is 0 Å². The average molecular weight is 288 g/mol. The zero-order valence-corrected chi connectivity index (χ0v) is 11.1. The lowest BCUT2D eigenvalue weighted by Gasteiger charge is -2.32. The molecule has 110 valence electrons. The number of ketones is 1. The molecule has 0 N–H and O–H groups in total. The fourth-order valence-corrected chi connectivity index (χ4v) is 2.86. The molecule has 0 aliphatic heterocycles. The molecule has 2 rings (SSSR count). The molecule has 5 heteroatoms. The first-order valence-corrected chi connectivity index (χ1v) is 6.68. The minimum absolute atomic E-state index is 0.0483. The highest BCUT2D eigenvalue weighted by molar-refractivity contribution is 5.98. The molecule has 0 saturated heterocycles. The largest absolute Gasteiger partial charge is 0.392 e. The van der Waals surface area contributed by atoms with Crippen molar-refractivity contribution in [1.29, 1.82) is 0 Å². The van der Waals surface area contributed by atoms with Crippen LogP contribution in [-0.4, -0.2) is 12.0 Å². The second-order valence-electron chi connectivity index (χ2n) is 5.39. The fraction of sp³-hybridized carbons (Fsp3) is 0.533. The molecule has 0 spiro atoms. The molecule has 20 heavy (non-hydrogen) atoms. The van der Waals surface area contributed by atoms with Crippen molar-refractivity contribution >= 4 is 5.78 Å². The summed E-state index contributed by atoms with van der Waals surface area (Å²) in [4.78, 5) is 12.3. The second-order valence-corrected chi connectivity index (χ2v) is 5.39. The van der Waals surface area contributed by atoms with E-state index in [1.54, 1.807) is 6.92 Å². The van der Waals surface area contributed by atoms with Crippen molar-refractivity contribution in [3.05, 3.63) is 35.1 Å². The second kappa shape index (κ2) is 5.54. The van der Waals surface area contributed by atoms with Gasteiger partial charge in [-0.15, -0.1) is 0 Å². The summed E-state index contributed by atoms with van der Waals surface area (Å²) < 4.78 is 52.7. The summed E-state index contributed by atoms with van der Waals surface area (Å²) in [6, 6.07) is 3.96. The third-order valence-corrected chi connectivity index (χ3v) is 3.91. The molecular weight excluding hydrogens is 272 g/mol. The first-order valence-electron chi connectivity index (χ1n) is 6.68. The van der Waals surface area contributed by atoms with Gasteiger partial charge in [0, 0.05) is 5.92 Å². The van der Waals surface area contributed by atoms with E-state index in [0.29, 0.717) is 18.4 Å². The number of carbonyl (C=O) groups excluding carboxylic acids is 1. The highest BCUT2D eigenvalue weighted by atomic mass is 19.4. The van der Waals surface area contributed by atoms with Gasteiger partial charge in [0.15, 0.2) is 5.78 Å². The number of hydrogen-bond acceptors (Lipinski definition) is 1. The molecule has 2 unspecified atom stereocenters. The van der Waals surface area contributed by atoms with E-state index in [1.807, 2.05) is 0 Å². The minimum atomic E-state index is -4.40. The molecule has 0 amide bonds. The van der Waals surface area contributed by atoms with Crippen LogP contribution in [0.15, 0.2) is 18.2 Å². The Morgan fingerprint density at radius 3 is 2.50 bits per heavy atom. The Balaban J connectivity index is 2.32. The molecule has 1 aliphatic rings. The van der Waals surface area contributed by atoms with Crippen molar-refractivity contribution in [2.24, 2.45) is 11.8 Å². The fourth-order valence-electron chi connectivity index (χ4n) is 2.86. The molecule has 0 radical (unpaired) electrons. The number of alkyl halides is 3.